The third-order valence-electron chi connectivity index (χ3n) is 4.88. The van der Waals surface area contributed by atoms with E-state index in [1.165, 1.54) is 6.26 Å². The van der Waals surface area contributed by atoms with Gasteiger partial charge in [0.05, 0.1) is 17.3 Å². The summed E-state index contributed by atoms with van der Waals surface area (Å²) in [5.41, 5.74) is 2.64. The standard InChI is InChI=1S/C24H24N4O4/c1-2-31-14-7-13-28-20-11-4-3-10-19(20)26-24(28)27-22(29)17-8-5-9-18(16-17)25-23(30)21-12-6-15-32-21/h3-6,8-12,15-16H,2,7,13-14H2,1H3,(H,25,30)(H,26,27,29). The van der Waals surface area contributed by atoms with E-state index in [1.807, 2.05) is 35.8 Å². The molecule has 2 aromatic carbocycles. The van der Waals surface area contributed by atoms with Crippen molar-refractivity contribution >= 4 is 34.5 Å². The third kappa shape index (κ3) is 4.87. The topological polar surface area (TPSA) is 98.4 Å². The lowest BCUT2D eigenvalue weighted by atomic mass is 10.2. The van der Waals surface area contributed by atoms with Crippen molar-refractivity contribution < 1.29 is 18.7 Å². The van der Waals surface area contributed by atoms with Gasteiger partial charge in [0.15, 0.2) is 5.76 Å². The van der Waals surface area contributed by atoms with Crippen LogP contribution in [0.25, 0.3) is 11.0 Å². The Hall–Kier alpha value is -3.91. The summed E-state index contributed by atoms with van der Waals surface area (Å²) >= 11 is 0. The minimum absolute atomic E-state index is 0.195. The molecule has 4 aromatic rings. The van der Waals surface area contributed by atoms with Crippen LogP contribution in [0.4, 0.5) is 11.6 Å². The van der Waals surface area contributed by atoms with Gasteiger partial charge in [0.1, 0.15) is 0 Å². The van der Waals surface area contributed by atoms with Gasteiger partial charge in [-0.15, -0.1) is 0 Å². The Morgan fingerprint density at radius 3 is 2.72 bits per heavy atom. The lowest BCUT2D eigenvalue weighted by Crippen LogP contribution is -2.17. The first-order valence-electron chi connectivity index (χ1n) is 10.4. The van der Waals surface area contributed by atoms with Gasteiger partial charge >= 0.3 is 0 Å². The van der Waals surface area contributed by atoms with Crippen LogP contribution < -0.4 is 10.6 Å². The number of fused-ring (bicyclic) bond motifs is 1. The van der Waals surface area contributed by atoms with E-state index in [2.05, 4.69) is 15.6 Å². The molecule has 2 aromatic heterocycles. The molecule has 2 heterocycles. The largest absolute Gasteiger partial charge is 0.459 e. The Morgan fingerprint density at radius 2 is 1.91 bits per heavy atom. The van der Waals surface area contributed by atoms with Crippen LogP contribution in [0, 0.1) is 0 Å². The Bertz CT molecular complexity index is 1210. The number of hydrogen-bond donors (Lipinski definition) is 2. The number of imidazole rings is 1. The van der Waals surface area contributed by atoms with Gasteiger partial charge in [-0.1, -0.05) is 18.2 Å². The molecule has 0 aliphatic carbocycles. The van der Waals surface area contributed by atoms with Gasteiger partial charge in [-0.3, -0.25) is 14.9 Å². The minimum Gasteiger partial charge on any atom is -0.459 e. The lowest BCUT2D eigenvalue weighted by Gasteiger charge is -2.11. The Balaban J connectivity index is 1.51. The minimum atomic E-state index is -0.386. The number of nitrogens with zero attached hydrogens (tertiary/aromatic N) is 2. The maximum atomic E-state index is 13.0. The Kier molecular flexibility index (Phi) is 6.62. The number of amides is 2. The zero-order chi connectivity index (χ0) is 22.3. The van der Waals surface area contributed by atoms with Gasteiger partial charge in [-0.2, -0.15) is 0 Å². The molecule has 32 heavy (non-hydrogen) atoms. The number of aryl methyl sites for hydroxylation is 1. The highest BCUT2D eigenvalue weighted by atomic mass is 16.5. The second-order valence-electron chi connectivity index (χ2n) is 7.09. The van der Waals surface area contributed by atoms with Crippen molar-refractivity contribution in [3.8, 4) is 0 Å². The van der Waals surface area contributed by atoms with Gasteiger partial charge in [-0.25, -0.2) is 4.98 Å². The van der Waals surface area contributed by atoms with Crippen LogP contribution in [0.3, 0.4) is 0 Å². The number of para-hydroxylation sites is 2. The molecular weight excluding hydrogens is 408 g/mol. The van der Waals surface area contributed by atoms with Crippen LogP contribution in [0.1, 0.15) is 34.3 Å². The van der Waals surface area contributed by atoms with Gasteiger partial charge in [0.25, 0.3) is 11.8 Å². The fraction of sp³-hybridized carbons (Fsp3) is 0.208. The molecule has 0 aliphatic rings. The number of hydrogen-bond acceptors (Lipinski definition) is 5. The second kappa shape index (κ2) is 9.93. The molecular formula is C24H24N4O4. The van der Waals surface area contributed by atoms with E-state index >= 15 is 0 Å². The van der Waals surface area contributed by atoms with Crippen LogP contribution >= 0.6 is 0 Å². The van der Waals surface area contributed by atoms with Crippen molar-refractivity contribution in [3.05, 3.63) is 78.3 Å². The van der Waals surface area contributed by atoms with Crippen LogP contribution in [-0.2, 0) is 11.3 Å². The van der Waals surface area contributed by atoms with E-state index in [4.69, 9.17) is 9.15 Å². The summed E-state index contributed by atoms with van der Waals surface area (Å²) in [6.45, 7) is 3.92. The molecule has 0 saturated carbocycles. The number of carbonyl (C=O) groups is 2. The number of nitrogens with one attached hydrogen (secondary N) is 2. The summed E-state index contributed by atoms with van der Waals surface area (Å²) in [6.07, 6.45) is 2.23. The van der Waals surface area contributed by atoms with Crippen LogP contribution in [0.5, 0.6) is 0 Å². The molecule has 2 amide bonds. The van der Waals surface area contributed by atoms with Crippen molar-refractivity contribution in [2.45, 2.75) is 19.9 Å². The molecule has 0 bridgehead atoms. The van der Waals surface area contributed by atoms with Gasteiger partial charge in [0, 0.05) is 31.0 Å². The molecule has 0 saturated heterocycles. The average Bonchev–Trinajstić information content (AvgIpc) is 3.45. The van der Waals surface area contributed by atoms with Crippen LogP contribution in [-0.4, -0.2) is 34.6 Å². The molecule has 0 radical (unpaired) electrons. The van der Waals surface area contributed by atoms with Gasteiger partial charge < -0.3 is 19.0 Å². The highest BCUT2D eigenvalue weighted by molar-refractivity contribution is 6.06. The number of aromatic nitrogens is 2. The normalized spacial score (nSPS) is 10.9. The molecule has 2 N–H and O–H groups in total. The van der Waals surface area contributed by atoms with Crippen molar-refractivity contribution in [1.82, 2.24) is 9.55 Å². The summed E-state index contributed by atoms with van der Waals surface area (Å²) in [6, 6.07) is 17.7. The van der Waals surface area contributed by atoms with Crippen molar-refractivity contribution in [3.63, 3.8) is 0 Å². The second-order valence-corrected chi connectivity index (χ2v) is 7.09. The predicted molar refractivity (Wildman–Crippen MR) is 122 cm³/mol. The van der Waals surface area contributed by atoms with E-state index in [-0.39, 0.29) is 17.6 Å². The molecule has 0 atom stereocenters. The molecule has 164 valence electrons. The maximum Gasteiger partial charge on any atom is 0.291 e. The fourth-order valence-electron chi connectivity index (χ4n) is 3.38. The first kappa shape index (κ1) is 21.3. The summed E-state index contributed by atoms with van der Waals surface area (Å²) in [5, 5.41) is 5.63. The monoisotopic (exact) mass is 432 g/mol. The molecule has 4 rings (SSSR count). The molecule has 8 nitrogen and oxygen atoms in total. The van der Waals surface area contributed by atoms with Gasteiger partial charge in [-0.05, 0) is 55.8 Å². The zero-order valence-corrected chi connectivity index (χ0v) is 17.7. The lowest BCUT2D eigenvalue weighted by molar-refractivity contribution is 0.0993. The highest BCUT2D eigenvalue weighted by Crippen LogP contribution is 2.21. The highest BCUT2D eigenvalue weighted by Gasteiger charge is 2.15. The first-order valence-corrected chi connectivity index (χ1v) is 10.4. The third-order valence-corrected chi connectivity index (χ3v) is 4.88. The smallest absolute Gasteiger partial charge is 0.291 e. The number of rotatable bonds is 9. The molecule has 0 fully saturated rings. The molecule has 0 spiro atoms. The van der Waals surface area contributed by atoms with E-state index in [1.54, 1.807) is 36.4 Å². The van der Waals surface area contributed by atoms with Gasteiger partial charge in [0.2, 0.25) is 5.95 Å². The fourth-order valence-corrected chi connectivity index (χ4v) is 3.38. The van der Waals surface area contributed by atoms with E-state index in [0.29, 0.717) is 37.0 Å². The van der Waals surface area contributed by atoms with Crippen molar-refractivity contribution in [2.24, 2.45) is 0 Å². The SMILES string of the molecule is CCOCCCn1c(NC(=O)c2cccc(NC(=O)c3ccco3)c2)nc2ccccc21. The summed E-state index contributed by atoms with van der Waals surface area (Å²) < 4.78 is 12.5. The number of ether oxygens (including phenoxy) is 1. The summed E-state index contributed by atoms with van der Waals surface area (Å²) in [4.78, 5) is 29.8. The Morgan fingerprint density at radius 1 is 1.03 bits per heavy atom. The molecule has 0 aliphatic heterocycles. The maximum absolute atomic E-state index is 13.0. The zero-order valence-electron chi connectivity index (χ0n) is 17.7. The Labute approximate surface area is 185 Å². The first-order chi connectivity index (χ1) is 15.7. The molecule has 0 unspecified atom stereocenters. The number of furan rings is 1. The molecule has 8 heteroatoms. The van der Waals surface area contributed by atoms with Crippen molar-refractivity contribution in [1.29, 1.82) is 0 Å². The van der Waals surface area contributed by atoms with Crippen molar-refractivity contribution in [2.75, 3.05) is 23.8 Å². The number of benzene rings is 2. The predicted octanol–water partition coefficient (Wildman–Crippen LogP) is 4.56. The quantitative estimate of drug-likeness (QED) is 0.378. The number of carbonyl (C=O) groups excluding carboxylic acids is 2. The average molecular weight is 432 g/mol. The van der Waals surface area contributed by atoms with E-state index < -0.39 is 0 Å². The summed E-state index contributed by atoms with van der Waals surface area (Å²) in [5.74, 6) is -0.0394. The number of anilines is 2. The summed E-state index contributed by atoms with van der Waals surface area (Å²) in [7, 11) is 0. The van der Waals surface area contributed by atoms with E-state index in [0.717, 1.165) is 17.5 Å². The van der Waals surface area contributed by atoms with E-state index in [9.17, 15) is 9.59 Å². The van der Waals surface area contributed by atoms with Crippen LogP contribution in [0.2, 0.25) is 0 Å². The van der Waals surface area contributed by atoms with Crippen LogP contribution in [0.15, 0.2) is 71.3 Å².